The van der Waals surface area contributed by atoms with Crippen molar-refractivity contribution in [3.8, 4) is 5.75 Å². The Bertz CT molecular complexity index is 1060. The van der Waals surface area contributed by atoms with Crippen LogP contribution in [-0.2, 0) is 25.8 Å². The van der Waals surface area contributed by atoms with Gasteiger partial charge in [0.2, 0.25) is 5.76 Å². The summed E-state index contributed by atoms with van der Waals surface area (Å²) in [5.74, 6) is -1.42. The van der Waals surface area contributed by atoms with E-state index in [1.165, 1.54) is 24.3 Å². The molecule has 2 aromatic carbocycles. The summed E-state index contributed by atoms with van der Waals surface area (Å²) in [5.41, 5.74) is 1.43. The number of esters is 1. The van der Waals surface area contributed by atoms with Crippen molar-refractivity contribution in [2.24, 2.45) is 0 Å². The Hall–Kier alpha value is -2.38. The van der Waals surface area contributed by atoms with Gasteiger partial charge < -0.3 is 9.47 Å². The standard InChI is InChI=1S/C20H18ClFO5S/c1-3-12-5-7-14(28(24,25)4-2)10-15(12)18-11-19(20(23)27-18)26-13-6-8-16(21)17(22)9-13/h5-11,18H,3-4H2,1-2H3/t18-/m1/s1. The van der Waals surface area contributed by atoms with Crippen LogP contribution in [0.1, 0.15) is 31.1 Å². The minimum atomic E-state index is -3.41. The van der Waals surface area contributed by atoms with Gasteiger partial charge in [-0.05, 0) is 36.2 Å². The summed E-state index contributed by atoms with van der Waals surface area (Å²) in [7, 11) is -3.41. The quantitative estimate of drug-likeness (QED) is 0.643. The zero-order valence-electron chi connectivity index (χ0n) is 15.2. The van der Waals surface area contributed by atoms with Crippen molar-refractivity contribution in [2.45, 2.75) is 31.3 Å². The fourth-order valence-corrected chi connectivity index (χ4v) is 3.86. The highest BCUT2D eigenvalue weighted by Crippen LogP contribution is 2.33. The van der Waals surface area contributed by atoms with E-state index in [1.54, 1.807) is 19.1 Å². The Morgan fingerprint density at radius 1 is 1.18 bits per heavy atom. The molecule has 0 aromatic heterocycles. The monoisotopic (exact) mass is 424 g/mol. The molecule has 1 aliphatic heterocycles. The van der Waals surface area contributed by atoms with Crippen LogP contribution in [-0.4, -0.2) is 20.1 Å². The molecule has 0 unspecified atom stereocenters. The Labute approximate surface area is 167 Å². The highest BCUT2D eigenvalue weighted by molar-refractivity contribution is 7.91. The molecule has 0 saturated heterocycles. The second-order valence-corrected chi connectivity index (χ2v) is 8.84. The minimum Gasteiger partial charge on any atom is -0.450 e. The van der Waals surface area contributed by atoms with Crippen molar-refractivity contribution in [1.29, 1.82) is 0 Å². The first-order valence-corrected chi connectivity index (χ1v) is 10.7. The number of cyclic esters (lactones) is 1. The molecule has 8 heteroatoms. The third-order valence-corrected chi connectivity index (χ3v) is 6.44. The van der Waals surface area contributed by atoms with Gasteiger partial charge in [-0.15, -0.1) is 0 Å². The molecule has 3 rings (SSSR count). The van der Waals surface area contributed by atoms with E-state index in [9.17, 15) is 17.6 Å². The summed E-state index contributed by atoms with van der Waals surface area (Å²) in [6, 6.07) is 8.60. The first kappa shape index (κ1) is 20.4. The molecule has 5 nitrogen and oxygen atoms in total. The molecule has 0 saturated carbocycles. The Morgan fingerprint density at radius 3 is 2.57 bits per heavy atom. The summed E-state index contributed by atoms with van der Waals surface area (Å²) in [6.45, 7) is 3.48. The molecule has 0 bridgehead atoms. The largest absolute Gasteiger partial charge is 0.450 e. The van der Waals surface area contributed by atoms with Crippen LogP contribution < -0.4 is 4.74 Å². The zero-order chi connectivity index (χ0) is 20.5. The van der Waals surface area contributed by atoms with Crippen molar-refractivity contribution in [2.75, 3.05) is 5.75 Å². The van der Waals surface area contributed by atoms with Gasteiger partial charge in [0.1, 0.15) is 17.7 Å². The second-order valence-electron chi connectivity index (χ2n) is 6.15. The maximum Gasteiger partial charge on any atom is 0.375 e. The van der Waals surface area contributed by atoms with Crippen LogP contribution in [0.15, 0.2) is 53.1 Å². The van der Waals surface area contributed by atoms with E-state index in [2.05, 4.69) is 0 Å². The number of halogens is 2. The maximum absolute atomic E-state index is 13.6. The number of carbonyl (C=O) groups is 1. The van der Waals surface area contributed by atoms with Gasteiger partial charge in [0, 0.05) is 17.7 Å². The van der Waals surface area contributed by atoms with E-state index < -0.39 is 27.7 Å². The Morgan fingerprint density at radius 2 is 1.93 bits per heavy atom. The van der Waals surface area contributed by atoms with Crippen LogP contribution in [0.25, 0.3) is 0 Å². The molecule has 28 heavy (non-hydrogen) atoms. The fraction of sp³-hybridized carbons (Fsp3) is 0.250. The lowest BCUT2D eigenvalue weighted by Gasteiger charge is -2.14. The predicted molar refractivity (Wildman–Crippen MR) is 103 cm³/mol. The SMILES string of the molecule is CCc1ccc(S(=O)(=O)CC)cc1[C@H]1C=C(Oc2ccc(Cl)c(F)c2)C(=O)O1. The van der Waals surface area contributed by atoms with Crippen molar-refractivity contribution in [3.63, 3.8) is 0 Å². The predicted octanol–water partition coefficient (Wildman–Crippen LogP) is 4.40. The van der Waals surface area contributed by atoms with Gasteiger partial charge in [0.05, 0.1) is 15.7 Å². The summed E-state index contributed by atoms with van der Waals surface area (Å²) in [6.07, 6.45) is 1.29. The van der Waals surface area contributed by atoms with Gasteiger partial charge in [-0.1, -0.05) is 31.5 Å². The third-order valence-electron chi connectivity index (χ3n) is 4.40. The molecule has 1 heterocycles. The van der Waals surface area contributed by atoms with E-state index in [1.807, 2.05) is 6.92 Å². The number of rotatable bonds is 6. The van der Waals surface area contributed by atoms with Crippen LogP contribution >= 0.6 is 11.6 Å². The molecule has 0 fully saturated rings. The van der Waals surface area contributed by atoms with E-state index in [0.29, 0.717) is 12.0 Å². The van der Waals surface area contributed by atoms with Crippen LogP contribution in [0.3, 0.4) is 0 Å². The van der Waals surface area contributed by atoms with Gasteiger partial charge in [-0.2, -0.15) is 0 Å². The number of benzene rings is 2. The van der Waals surface area contributed by atoms with E-state index in [4.69, 9.17) is 21.1 Å². The van der Waals surface area contributed by atoms with Crippen molar-refractivity contribution in [1.82, 2.24) is 0 Å². The molecule has 0 amide bonds. The highest BCUT2D eigenvalue weighted by atomic mass is 35.5. The molecule has 0 aliphatic carbocycles. The number of hydrogen-bond acceptors (Lipinski definition) is 5. The normalized spacial score (nSPS) is 16.6. The van der Waals surface area contributed by atoms with Gasteiger partial charge in [0.25, 0.3) is 0 Å². The van der Waals surface area contributed by atoms with Gasteiger partial charge in [-0.3, -0.25) is 0 Å². The fourth-order valence-electron chi connectivity index (χ4n) is 2.83. The van der Waals surface area contributed by atoms with Crippen molar-refractivity contribution in [3.05, 3.63) is 70.2 Å². The summed E-state index contributed by atoms with van der Waals surface area (Å²) < 4.78 is 48.8. The van der Waals surface area contributed by atoms with E-state index >= 15 is 0 Å². The Kier molecular flexibility index (Phi) is 5.76. The molecule has 0 N–H and O–H groups in total. The lowest BCUT2D eigenvalue weighted by molar-refractivity contribution is -0.141. The second kappa shape index (κ2) is 7.93. The lowest BCUT2D eigenvalue weighted by Crippen LogP contribution is -2.09. The maximum atomic E-state index is 13.6. The topological polar surface area (TPSA) is 69.7 Å². The first-order chi connectivity index (χ1) is 13.2. The summed E-state index contributed by atoms with van der Waals surface area (Å²) >= 11 is 5.64. The number of sulfone groups is 1. The van der Waals surface area contributed by atoms with Crippen molar-refractivity contribution < 1.29 is 27.1 Å². The van der Waals surface area contributed by atoms with Crippen LogP contribution in [0, 0.1) is 5.82 Å². The molecule has 0 radical (unpaired) electrons. The summed E-state index contributed by atoms with van der Waals surface area (Å²) in [5, 5.41) is -0.0604. The summed E-state index contributed by atoms with van der Waals surface area (Å²) in [4.78, 5) is 12.4. The smallest absolute Gasteiger partial charge is 0.375 e. The highest BCUT2D eigenvalue weighted by Gasteiger charge is 2.31. The molecule has 148 valence electrons. The van der Waals surface area contributed by atoms with Crippen LogP contribution in [0.5, 0.6) is 5.75 Å². The molecular formula is C20H18ClFO5S. The molecular weight excluding hydrogens is 407 g/mol. The van der Waals surface area contributed by atoms with E-state index in [0.717, 1.165) is 11.6 Å². The van der Waals surface area contributed by atoms with Crippen LogP contribution in [0.4, 0.5) is 4.39 Å². The average Bonchev–Trinajstić information content (AvgIpc) is 3.04. The first-order valence-electron chi connectivity index (χ1n) is 8.66. The molecule has 1 aliphatic rings. The molecule has 0 spiro atoms. The zero-order valence-corrected chi connectivity index (χ0v) is 16.8. The number of hydrogen-bond donors (Lipinski definition) is 0. The van der Waals surface area contributed by atoms with Gasteiger partial charge >= 0.3 is 5.97 Å². The van der Waals surface area contributed by atoms with Crippen molar-refractivity contribution >= 4 is 27.4 Å². The Balaban J connectivity index is 1.95. The molecule has 2 aromatic rings. The molecule has 1 atom stereocenters. The number of ether oxygens (including phenoxy) is 2. The third kappa shape index (κ3) is 4.05. The number of carbonyl (C=O) groups excluding carboxylic acids is 1. The average molecular weight is 425 g/mol. The van der Waals surface area contributed by atoms with Gasteiger partial charge in [-0.25, -0.2) is 17.6 Å². The minimum absolute atomic E-state index is 0.0330. The number of aryl methyl sites for hydroxylation is 1. The van der Waals surface area contributed by atoms with Crippen LogP contribution in [0.2, 0.25) is 5.02 Å². The lowest BCUT2D eigenvalue weighted by atomic mass is 10.0. The van der Waals surface area contributed by atoms with E-state index in [-0.39, 0.29) is 27.2 Å². The van der Waals surface area contributed by atoms with Gasteiger partial charge in [0.15, 0.2) is 9.84 Å².